The van der Waals surface area contributed by atoms with E-state index in [0.717, 1.165) is 16.5 Å². The molecule has 1 N–H and O–H groups in total. The zero-order valence-electron chi connectivity index (χ0n) is 15.6. The number of carbonyl (C=O) groups is 1. The largest absolute Gasteiger partial charge is 0.300 e. The number of aromatic nitrogens is 2. The Morgan fingerprint density at radius 2 is 2.08 bits per heavy atom. The fourth-order valence-electron chi connectivity index (χ4n) is 2.87. The Bertz CT molecular complexity index is 707. The second kappa shape index (κ2) is 8.81. The summed E-state index contributed by atoms with van der Waals surface area (Å²) in [5.41, 5.74) is 2.76. The molecule has 1 unspecified atom stereocenters. The van der Waals surface area contributed by atoms with Crippen LogP contribution in [0, 0.1) is 18.3 Å². The number of nitrogens with one attached hydrogen (secondary N) is 1. The number of carbonyl (C=O) groups excluding carboxylic acids is 1. The average Bonchev–Trinajstić information content (AvgIpc) is 2.90. The maximum absolute atomic E-state index is 12.2. The van der Waals surface area contributed by atoms with Crippen LogP contribution in [0.1, 0.15) is 51.7 Å². The smallest absolute Gasteiger partial charge is 0.226 e. The number of aryl methyl sites for hydroxylation is 1. The van der Waals surface area contributed by atoms with Gasteiger partial charge in [0.1, 0.15) is 0 Å². The molecule has 1 aromatic heterocycles. The third-order valence-electron chi connectivity index (χ3n) is 3.59. The number of benzene rings is 1. The molecule has 0 aliphatic heterocycles. The molecule has 1 amide bonds. The van der Waals surface area contributed by atoms with Gasteiger partial charge in [-0.15, -0.1) is 10.2 Å². The number of anilines is 1. The molecule has 0 fully saturated rings. The van der Waals surface area contributed by atoms with E-state index in [9.17, 15) is 4.79 Å². The van der Waals surface area contributed by atoms with Crippen molar-refractivity contribution in [3.05, 3.63) is 35.4 Å². The first-order valence-corrected chi connectivity index (χ1v) is 10.3. The zero-order chi connectivity index (χ0) is 18.4. The predicted molar refractivity (Wildman–Crippen MR) is 107 cm³/mol. The van der Waals surface area contributed by atoms with Gasteiger partial charge in [0.05, 0.1) is 0 Å². The molecule has 1 heterocycles. The minimum Gasteiger partial charge on any atom is -0.300 e. The Labute approximate surface area is 158 Å². The van der Waals surface area contributed by atoms with Crippen molar-refractivity contribution in [2.24, 2.45) is 11.3 Å². The van der Waals surface area contributed by atoms with E-state index in [-0.39, 0.29) is 11.3 Å². The molecule has 2 rings (SSSR count). The Morgan fingerprint density at radius 3 is 2.76 bits per heavy atom. The summed E-state index contributed by atoms with van der Waals surface area (Å²) in [5, 5.41) is 11.7. The van der Waals surface area contributed by atoms with Gasteiger partial charge in [0.25, 0.3) is 0 Å². The lowest BCUT2D eigenvalue weighted by molar-refractivity contribution is -0.117. The first-order chi connectivity index (χ1) is 11.7. The van der Waals surface area contributed by atoms with Gasteiger partial charge in [0.2, 0.25) is 11.0 Å². The first-order valence-electron chi connectivity index (χ1n) is 8.53. The maximum atomic E-state index is 12.2. The zero-order valence-corrected chi connectivity index (χ0v) is 17.3. The molecule has 1 atom stereocenters. The molecular weight excluding hydrogens is 350 g/mol. The molecular formula is C19H27N3OS2. The first kappa shape index (κ1) is 19.9. The van der Waals surface area contributed by atoms with Crippen molar-refractivity contribution in [3.8, 4) is 0 Å². The Hall–Kier alpha value is -1.40. The third kappa shape index (κ3) is 7.57. The van der Waals surface area contributed by atoms with Crippen LogP contribution in [-0.2, 0) is 10.5 Å². The summed E-state index contributed by atoms with van der Waals surface area (Å²) >= 11 is 3.08. The van der Waals surface area contributed by atoms with Gasteiger partial charge in [-0.2, -0.15) is 0 Å². The van der Waals surface area contributed by atoms with E-state index in [1.54, 1.807) is 11.8 Å². The number of thioether (sulfide) groups is 1. The molecule has 0 spiro atoms. The Morgan fingerprint density at radius 1 is 1.32 bits per heavy atom. The Kier molecular flexibility index (Phi) is 7.02. The van der Waals surface area contributed by atoms with Gasteiger partial charge in [0.15, 0.2) is 4.34 Å². The molecule has 25 heavy (non-hydrogen) atoms. The summed E-state index contributed by atoms with van der Waals surface area (Å²) in [6, 6.07) is 8.44. The molecule has 136 valence electrons. The van der Waals surface area contributed by atoms with Crippen LogP contribution >= 0.6 is 23.1 Å². The highest BCUT2D eigenvalue weighted by Gasteiger charge is 2.18. The van der Waals surface area contributed by atoms with Crippen molar-refractivity contribution in [2.45, 2.75) is 57.6 Å². The minimum absolute atomic E-state index is 0.0168. The number of hydrogen-bond donors (Lipinski definition) is 1. The molecule has 0 bridgehead atoms. The summed E-state index contributed by atoms with van der Waals surface area (Å²) in [5.74, 6) is 1.22. The molecule has 6 heteroatoms. The average molecular weight is 378 g/mol. The summed E-state index contributed by atoms with van der Waals surface area (Å²) in [7, 11) is 0. The van der Waals surface area contributed by atoms with Gasteiger partial charge >= 0.3 is 0 Å². The van der Waals surface area contributed by atoms with Gasteiger partial charge in [-0.25, -0.2) is 0 Å². The highest BCUT2D eigenvalue weighted by atomic mass is 32.2. The lowest BCUT2D eigenvalue weighted by Crippen LogP contribution is -2.18. The van der Waals surface area contributed by atoms with Crippen molar-refractivity contribution in [3.63, 3.8) is 0 Å². The lowest BCUT2D eigenvalue weighted by Gasteiger charge is -2.22. The summed E-state index contributed by atoms with van der Waals surface area (Å²) < 4.78 is 0.875. The van der Waals surface area contributed by atoms with Crippen LogP contribution in [0.15, 0.2) is 28.6 Å². The van der Waals surface area contributed by atoms with Crippen LogP contribution in [-0.4, -0.2) is 16.1 Å². The molecule has 0 aliphatic rings. The van der Waals surface area contributed by atoms with Crippen LogP contribution in [0.2, 0.25) is 0 Å². The van der Waals surface area contributed by atoms with E-state index in [4.69, 9.17) is 0 Å². The van der Waals surface area contributed by atoms with Crippen LogP contribution in [0.4, 0.5) is 5.13 Å². The topological polar surface area (TPSA) is 54.9 Å². The molecule has 4 nitrogen and oxygen atoms in total. The number of nitrogens with zero attached hydrogens (tertiary/aromatic N) is 2. The van der Waals surface area contributed by atoms with Gasteiger partial charge in [0, 0.05) is 12.2 Å². The molecule has 0 aliphatic carbocycles. The maximum Gasteiger partial charge on any atom is 0.226 e. The molecule has 0 saturated heterocycles. The van der Waals surface area contributed by atoms with Gasteiger partial charge in [-0.1, -0.05) is 80.6 Å². The second-order valence-corrected chi connectivity index (χ2v) is 9.97. The molecule has 0 radical (unpaired) electrons. The highest BCUT2D eigenvalue weighted by Crippen LogP contribution is 2.29. The van der Waals surface area contributed by atoms with E-state index in [1.807, 2.05) is 0 Å². The monoisotopic (exact) mass is 377 g/mol. The predicted octanol–water partition coefficient (Wildman–Crippen LogP) is 5.54. The van der Waals surface area contributed by atoms with Crippen LogP contribution in [0.5, 0.6) is 0 Å². The van der Waals surface area contributed by atoms with Crippen molar-refractivity contribution < 1.29 is 4.79 Å². The minimum atomic E-state index is 0.0168. The second-order valence-electron chi connectivity index (χ2n) is 7.77. The third-order valence-corrected chi connectivity index (χ3v) is 5.64. The van der Waals surface area contributed by atoms with Crippen molar-refractivity contribution in [2.75, 3.05) is 5.32 Å². The quantitative estimate of drug-likeness (QED) is 0.508. The number of amides is 1. The van der Waals surface area contributed by atoms with Gasteiger partial charge in [-0.3, -0.25) is 4.79 Å². The molecule has 0 saturated carbocycles. The van der Waals surface area contributed by atoms with Crippen molar-refractivity contribution in [1.29, 1.82) is 0 Å². The standard InChI is InChI=1S/C19H27N3OS2/c1-13-7-6-8-15(9-13)12-24-18-22-21-17(25-18)20-16(23)10-14(2)11-19(3,4)5/h6-9,14H,10-12H2,1-5H3,(H,20,21,23). The Balaban J connectivity index is 1.81. The highest BCUT2D eigenvalue weighted by molar-refractivity contribution is 8.00. The fourth-order valence-corrected chi connectivity index (χ4v) is 4.58. The molecule has 1 aromatic carbocycles. The number of rotatable bonds is 7. The summed E-state index contributed by atoms with van der Waals surface area (Å²) in [6.07, 6.45) is 1.54. The summed E-state index contributed by atoms with van der Waals surface area (Å²) in [6.45, 7) is 10.8. The number of hydrogen-bond acceptors (Lipinski definition) is 5. The van der Waals surface area contributed by atoms with Gasteiger partial charge < -0.3 is 5.32 Å². The SMILES string of the molecule is Cc1cccc(CSc2nnc(NC(=O)CC(C)CC(C)(C)C)s2)c1. The lowest BCUT2D eigenvalue weighted by atomic mass is 9.84. The van der Waals surface area contributed by atoms with Gasteiger partial charge in [-0.05, 0) is 30.2 Å². The van der Waals surface area contributed by atoms with Crippen molar-refractivity contribution >= 4 is 34.1 Å². The van der Waals surface area contributed by atoms with Crippen molar-refractivity contribution in [1.82, 2.24) is 10.2 Å². The molecule has 2 aromatic rings. The van der Waals surface area contributed by atoms with E-state index in [0.29, 0.717) is 17.5 Å². The van der Waals surface area contributed by atoms with Crippen LogP contribution in [0.25, 0.3) is 0 Å². The van der Waals surface area contributed by atoms with E-state index >= 15 is 0 Å². The van der Waals surface area contributed by atoms with Crippen LogP contribution in [0.3, 0.4) is 0 Å². The fraction of sp³-hybridized carbons (Fsp3) is 0.526. The normalized spacial score (nSPS) is 12.8. The van der Waals surface area contributed by atoms with E-state index in [2.05, 4.69) is 74.4 Å². The van der Waals surface area contributed by atoms with Crippen LogP contribution < -0.4 is 5.32 Å². The van der Waals surface area contributed by atoms with E-state index < -0.39 is 0 Å². The van der Waals surface area contributed by atoms with E-state index in [1.165, 1.54) is 22.5 Å². The summed E-state index contributed by atoms with van der Waals surface area (Å²) in [4.78, 5) is 12.2.